The van der Waals surface area contributed by atoms with E-state index in [0.717, 1.165) is 27.9 Å². The molecule has 0 amide bonds. The van der Waals surface area contributed by atoms with Gasteiger partial charge in [-0.3, -0.25) is 0 Å². The van der Waals surface area contributed by atoms with E-state index in [1.54, 1.807) is 18.0 Å². The molecule has 4 heteroatoms. The molecule has 0 saturated carbocycles. The number of thioether (sulfide) groups is 1. The Morgan fingerprint density at radius 1 is 1.12 bits per heavy atom. The van der Waals surface area contributed by atoms with Gasteiger partial charge in [-0.15, -0.1) is 0 Å². The summed E-state index contributed by atoms with van der Waals surface area (Å²) in [6.07, 6.45) is 2.69. The predicted molar refractivity (Wildman–Crippen MR) is 112 cm³/mol. The third-order valence-corrected chi connectivity index (χ3v) is 9.63. The topological polar surface area (TPSA) is 30.0 Å². The van der Waals surface area contributed by atoms with Gasteiger partial charge >= 0.3 is 0 Å². The number of benzene rings is 1. The van der Waals surface area contributed by atoms with Crippen LogP contribution in [-0.2, 0) is 4.57 Å². The summed E-state index contributed by atoms with van der Waals surface area (Å²) in [5.74, 6) is 0. The molecule has 2 aromatic rings. The van der Waals surface area contributed by atoms with Crippen LogP contribution in [0.5, 0.6) is 0 Å². The standard InChI is InChI=1S/C21H30NOPS/c1-15-12-16(2)20(17(3)13-15)24(7,23)19(14-21(4,5)6)25-18-10-8-9-11-22-18/h8-13,19H,14H2,1-7H3/t19-,24-/m1/s1. The van der Waals surface area contributed by atoms with Crippen LogP contribution in [0.4, 0.5) is 0 Å². The molecule has 0 bridgehead atoms. The molecular formula is C21H30NOPS. The van der Waals surface area contributed by atoms with Gasteiger partial charge in [0.05, 0.1) is 10.0 Å². The molecule has 1 aromatic carbocycles. The van der Waals surface area contributed by atoms with Crippen LogP contribution in [-0.4, -0.2) is 16.6 Å². The lowest BCUT2D eigenvalue weighted by Gasteiger charge is -2.32. The molecule has 0 radical (unpaired) electrons. The van der Waals surface area contributed by atoms with Crippen molar-refractivity contribution in [1.29, 1.82) is 0 Å². The minimum atomic E-state index is -2.59. The van der Waals surface area contributed by atoms with Crippen LogP contribution in [0, 0.1) is 26.2 Å². The van der Waals surface area contributed by atoms with Gasteiger partial charge in [-0.1, -0.05) is 56.3 Å². The molecule has 2 atom stereocenters. The first kappa shape index (κ1) is 20.3. The fourth-order valence-electron chi connectivity index (χ4n) is 3.41. The number of pyridine rings is 1. The summed E-state index contributed by atoms with van der Waals surface area (Å²) in [5.41, 5.74) is 3.61. The van der Waals surface area contributed by atoms with Crippen molar-refractivity contribution >= 4 is 24.2 Å². The molecule has 0 spiro atoms. The maximum Gasteiger partial charge on any atom is 0.126 e. The molecule has 136 valence electrons. The van der Waals surface area contributed by atoms with Gasteiger partial charge in [0.1, 0.15) is 7.14 Å². The molecule has 0 aliphatic rings. The Hall–Kier alpha value is -1.05. The SMILES string of the molecule is Cc1cc(C)c([P@](C)(=O)[C@@H](CC(C)(C)C)Sc2ccccn2)c(C)c1. The molecule has 1 aromatic heterocycles. The normalized spacial score (nSPS) is 15.6. The van der Waals surface area contributed by atoms with Crippen molar-refractivity contribution in [2.45, 2.75) is 58.0 Å². The Morgan fingerprint density at radius 3 is 2.20 bits per heavy atom. The van der Waals surface area contributed by atoms with E-state index < -0.39 is 7.14 Å². The second kappa shape index (κ2) is 7.68. The Bertz CT molecular complexity index is 757. The monoisotopic (exact) mass is 375 g/mol. The van der Waals surface area contributed by atoms with Gasteiger partial charge in [0.15, 0.2) is 0 Å². The summed E-state index contributed by atoms with van der Waals surface area (Å²) >= 11 is 1.66. The molecule has 0 N–H and O–H groups in total. The fourth-order valence-corrected chi connectivity index (χ4v) is 8.71. The van der Waals surface area contributed by atoms with E-state index in [9.17, 15) is 4.57 Å². The maximum atomic E-state index is 14.1. The Kier molecular flexibility index (Phi) is 6.22. The van der Waals surface area contributed by atoms with Gasteiger partial charge in [0.25, 0.3) is 0 Å². The van der Waals surface area contributed by atoms with Gasteiger partial charge in [-0.25, -0.2) is 4.98 Å². The maximum absolute atomic E-state index is 14.1. The van der Waals surface area contributed by atoms with E-state index >= 15 is 0 Å². The van der Waals surface area contributed by atoms with E-state index in [1.807, 2.05) is 24.9 Å². The van der Waals surface area contributed by atoms with E-state index in [0.29, 0.717) is 0 Å². The lowest BCUT2D eigenvalue weighted by atomic mass is 9.93. The van der Waals surface area contributed by atoms with Crippen molar-refractivity contribution in [2.75, 3.05) is 6.66 Å². The lowest BCUT2D eigenvalue weighted by Crippen LogP contribution is -2.23. The van der Waals surface area contributed by atoms with Crippen LogP contribution in [0.2, 0.25) is 0 Å². The van der Waals surface area contributed by atoms with Crippen molar-refractivity contribution in [2.24, 2.45) is 5.41 Å². The number of hydrogen-bond acceptors (Lipinski definition) is 3. The van der Waals surface area contributed by atoms with Gasteiger partial charge in [-0.05, 0) is 62.5 Å². The smallest absolute Gasteiger partial charge is 0.126 e. The van der Waals surface area contributed by atoms with Crippen LogP contribution < -0.4 is 5.30 Å². The zero-order valence-corrected chi connectivity index (χ0v) is 18.2. The second-order valence-corrected chi connectivity index (χ2v) is 12.9. The van der Waals surface area contributed by atoms with Crippen molar-refractivity contribution in [1.82, 2.24) is 4.98 Å². The minimum Gasteiger partial charge on any atom is -0.318 e. The van der Waals surface area contributed by atoms with Crippen LogP contribution in [0.25, 0.3) is 0 Å². The van der Waals surface area contributed by atoms with Crippen molar-refractivity contribution in [3.8, 4) is 0 Å². The summed E-state index contributed by atoms with van der Waals surface area (Å²) in [6, 6.07) is 10.2. The van der Waals surface area contributed by atoms with E-state index in [4.69, 9.17) is 0 Å². The third-order valence-electron chi connectivity index (χ3n) is 4.31. The van der Waals surface area contributed by atoms with E-state index in [-0.39, 0.29) is 10.4 Å². The van der Waals surface area contributed by atoms with Crippen molar-refractivity contribution in [3.63, 3.8) is 0 Å². The van der Waals surface area contributed by atoms with E-state index in [2.05, 4.69) is 58.7 Å². The van der Waals surface area contributed by atoms with Crippen LogP contribution in [0.3, 0.4) is 0 Å². The second-order valence-electron chi connectivity index (χ2n) is 8.24. The van der Waals surface area contributed by atoms with Gasteiger partial charge in [0.2, 0.25) is 0 Å². The summed E-state index contributed by atoms with van der Waals surface area (Å²) < 4.78 is 14.1. The highest BCUT2D eigenvalue weighted by Crippen LogP contribution is 2.57. The summed E-state index contributed by atoms with van der Waals surface area (Å²) in [5, 5.41) is 2.00. The number of hydrogen-bond donors (Lipinski definition) is 0. The van der Waals surface area contributed by atoms with Gasteiger partial charge in [-0.2, -0.15) is 0 Å². The highest BCUT2D eigenvalue weighted by atomic mass is 32.2. The first-order valence-electron chi connectivity index (χ1n) is 8.74. The quantitative estimate of drug-likeness (QED) is 0.462. The molecule has 0 aliphatic heterocycles. The summed E-state index contributed by atoms with van der Waals surface area (Å²) in [6.45, 7) is 14.9. The first-order chi connectivity index (χ1) is 11.5. The van der Waals surface area contributed by atoms with Crippen molar-refractivity contribution < 1.29 is 4.57 Å². The average molecular weight is 376 g/mol. The van der Waals surface area contributed by atoms with Crippen LogP contribution in [0.1, 0.15) is 43.9 Å². The lowest BCUT2D eigenvalue weighted by molar-refractivity contribution is 0.390. The van der Waals surface area contributed by atoms with Crippen LogP contribution in [0.15, 0.2) is 41.6 Å². The number of aromatic nitrogens is 1. The molecule has 2 nitrogen and oxygen atoms in total. The fraction of sp³-hybridized carbons (Fsp3) is 0.476. The summed E-state index contributed by atoms with van der Waals surface area (Å²) in [7, 11) is -2.59. The third kappa shape index (κ3) is 5.21. The molecule has 25 heavy (non-hydrogen) atoms. The Labute approximate surface area is 157 Å². The molecular weight excluding hydrogens is 345 g/mol. The minimum absolute atomic E-state index is 0.0162. The van der Waals surface area contributed by atoms with Gasteiger partial charge in [0, 0.05) is 11.5 Å². The predicted octanol–water partition coefficient (Wildman–Crippen LogP) is 6.18. The zero-order chi connectivity index (χ0) is 18.8. The zero-order valence-electron chi connectivity index (χ0n) is 16.5. The van der Waals surface area contributed by atoms with Crippen LogP contribution >= 0.6 is 18.9 Å². The Morgan fingerprint density at radius 2 is 1.72 bits per heavy atom. The molecule has 0 aliphatic carbocycles. The molecule has 0 fully saturated rings. The number of nitrogens with zero attached hydrogens (tertiary/aromatic N) is 1. The Balaban J connectivity index is 2.50. The number of aryl methyl sites for hydroxylation is 3. The van der Waals surface area contributed by atoms with E-state index in [1.165, 1.54) is 5.56 Å². The summed E-state index contributed by atoms with van der Waals surface area (Å²) in [4.78, 5) is 4.47. The molecule has 0 saturated heterocycles. The molecule has 0 unspecified atom stereocenters. The average Bonchev–Trinajstić information content (AvgIpc) is 2.44. The molecule has 2 rings (SSSR count). The number of rotatable bonds is 5. The first-order valence-corrected chi connectivity index (χ1v) is 11.8. The largest absolute Gasteiger partial charge is 0.318 e. The highest BCUT2D eigenvalue weighted by Gasteiger charge is 2.36. The molecule has 1 heterocycles. The highest BCUT2D eigenvalue weighted by molar-refractivity contribution is 8.07. The van der Waals surface area contributed by atoms with Gasteiger partial charge < -0.3 is 4.57 Å². The van der Waals surface area contributed by atoms with Crippen molar-refractivity contribution in [3.05, 3.63) is 53.2 Å².